The highest BCUT2D eigenvalue weighted by Gasteiger charge is 2.35. The third kappa shape index (κ3) is 2.91. The molecule has 0 unspecified atom stereocenters. The molecule has 4 rings (SSSR count). The molecule has 0 saturated heterocycles. The maximum absolute atomic E-state index is 12.4. The summed E-state index contributed by atoms with van der Waals surface area (Å²) in [5.41, 5.74) is 3.33. The van der Waals surface area contributed by atoms with Crippen LogP contribution >= 0.6 is 0 Å². The SMILES string of the molecule is O=C1C(=O)N(CNC(c2ccccc2)c2ccccc2)c2ccccc21. The Balaban J connectivity index is 1.62. The quantitative estimate of drug-likeness (QED) is 0.722. The van der Waals surface area contributed by atoms with Gasteiger partial charge in [0.2, 0.25) is 0 Å². The van der Waals surface area contributed by atoms with Gasteiger partial charge in [0.25, 0.3) is 5.78 Å². The van der Waals surface area contributed by atoms with Crippen LogP contribution in [0.3, 0.4) is 0 Å². The lowest BCUT2D eigenvalue weighted by Gasteiger charge is -2.24. The Morgan fingerprint density at radius 1 is 0.731 bits per heavy atom. The number of benzene rings is 3. The Morgan fingerprint density at radius 3 is 1.88 bits per heavy atom. The number of hydrogen-bond donors (Lipinski definition) is 1. The number of amides is 1. The van der Waals surface area contributed by atoms with Gasteiger partial charge in [-0.05, 0) is 23.3 Å². The monoisotopic (exact) mass is 342 g/mol. The number of fused-ring (bicyclic) bond motifs is 1. The van der Waals surface area contributed by atoms with Crippen molar-refractivity contribution in [2.24, 2.45) is 0 Å². The van der Waals surface area contributed by atoms with Crippen LogP contribution in [-0.2, 0) is 4.79 Å². The second-order valence-corrected chi connectivity index (χ2v) is 6.20. The molecule has 1 aliphatic heterocycles. The number of nitrogens with one attached hydrogen (secondary N) is 1. The molecule has 1 amide bonds. The first-order valence-corrected chi connectivity index (χ1v) is 8.54. The molecule has 128 valence electrons. The van der Waals surface area contributed by atoms with Crippen molar-refractivity contribution in [1.82, 2.24) is 5.32 Å². The predicted molar refractivity (Wildman–Crippen MR) is 101 cm³/mol. The Bertz CT molecular complexity index is 899. The topological polar surface area (TPSA) is 49.4 Å². The molecular formula is C22H18N2O2. The predicted octanol–water partition coefficient (Wildman–Crippen LogP) is 3.55. The second kappa shape index (κ2) is 6.94. The first kappa shape index (κ1) is 16.2. The van der Waals surface area contributed by atoms with Crippen LogP contribution in [0.4, 0.5) is 5.69 Å². The van der Waals surface area contributed by atoms with Crippen molar-refractivity contribution in [3.63, 3.8) is 0 Å². The molecule has 0 aromatic heterocycles. The molecule has 0 bridgehead atoms. The largest absolute Gasteiger partial charge is 0.300 e. The molecular weight excluding hydrogens is 324 g/mol. The number of hydrogen-bond acceptors (Lipinski definition) is 3. The van der Waals surface area contributed by atoms with Gasteiger partial charge >= 0.3 is 5.91 Å². The number of ketones is 1. The van der Waals surface area contributed by atoms with E-state index in [0.717, 1.165) is 11.1 Å². The summed E-state index contributed by atoms with van der Waals surface area (Å²) < 4.78 is 0. The van der Waals surface area contributed by atoms with Crippen LogP contribution < -0.4 is 10.2 Å². The van der Waals surface area contributed by atoms with Gasteiger partial charge in [-0.25, -0.2) is 0 Å². The lowest BCUT2D eigenvalue weighted by Crippen LogP contribution is -2.40. The van der Waals surface area contributed by atoms with E-state index in [1.54, 1.807) is 18.2 Å². The molecule has 0 atom stereocenters. The number of Topliss-reactive ketones (excluding diaryl/α,β-unsaturated/α-hetero) is 1. The first-order chi connectivity index (χ1) is 12.8. The van der Waals surface area contributed by atoms with Gasteiger partial charge in [-0.1, -0.05) is 72.8 Å². The maximum Gasteiger partial charge on any atom is 0.300 e. The van der Waals surface area contributed by atoms with Crippen molar-refractivity contribution in [2.75, 3.05) is 11.6 Å². The van der Waals surface area contributed by atoms with Gasteiger partial charge in [-0.15, -0.1) is 0 Å². The van der Waals surface area contributed by atoms with Crippen LogP contribution in [0.5, 0.6) is 0 Å². The number of anilines is 1. The number of carbonyl (C=O) groups excluding carboxylic acids is 2. The summed E-state index contributed by atoms with van der Waals surface area (Å²) in [4.78, 5) is 26.1. The Kier molecular flexibility index (Phi) is 4.33. The normalized spacial score (nSPS) is 13.3. The third-order valence-corrected chi connectivity index (χ3v) is 4.60. The zero-order valence-electron chi connectivity index (χ0n) is 14.1. The van der Waals surface area contributed by atoms with Crippen LogP contribution in [0, 0.1) is 0 Å². The second-order valence-electron chi connectivity index (χ2n) is 6.20. The molecule has 0 saturated carbocycles. The van der Waals surface area contributed by atoms with Crippen molar-refractivity contribution in [3.8, 4) is 0 Å². The number of rotatable bonds is 5. The van der Waals surface area contributed by atoms with Crippen LogP contribution in [0.15, 0.2) is 84.9 Å². The fraction of sp³-hybridized carbons (Fsp3) is 0.0909. The molecule has 26 heavy (non-hydrogen) atoms. The molecule has 4 nitrogen and oxygen atoms in total. The van der Waals surface area contributed by atoms with Gasteiger partial charge < -0.3 is 0 Å². The Morgan fingerprint density at radius 2 is 1.27 bits per heavy atom. The lowest BCUT2D eigenvalue weighted by atomic mass is 9.99. The van der Waals surface area contributed by atoms with Crippen LogP contribution in [-0.4, -0.2) is 18.4 Å². The minimum absolute atomic E-state index is 0.0759. The minimum atomic E-state index is -0.487. The van der Waals surface area contributed by atoms with E-state index < -0.39 is 11.7 Å². The fourth-order valence-corrected chi connectivity index (χ4v) is 3.31. The standard InChI is InChI=1S/C22H18N2O2/c25-21-18-13-7-8-14-19(18)24(22(21)26)15-23-20(16-9-3-1-4-10-16)17-11-5-2-6-12-17/h1-14,20,23H,15H2. The van der Waals surface area contributed by atoms with Gasteiger partial charge in [0.05, 0.1) is 24.0 Å². The van der Waals surface area contributed by atoms with Crippen molar-refractivity contribution in [1.29, 1.82) is 0 Å². The first-order valence-electron chi connectivity index (χ1n) is 8.54. The van der Waals surface area contributed by atoms with Crippen molar-refractivity contribution < 1.29 is 9.59 Å². The van der Waals surface area contributed by atoms with Crippen molar-refractivity contribution >= 4 is 17.4 Å². The Labute approximate surface area is 152 Å². The zero-order chi connectivity index (χ0) is 17.9. The van der Waals surface area contributed by atoms with E-state index in [-0.39, 0.29) is 12.7 Å². The van der Waals surface area contributed by atoms with E-state index in [2.05, 4.69) is 29.6 Å². The third-order valence-electron chi connectivity index (χ3n) is 4.60. The number of nitrogens with zero attached hydrogens (tertiary/aromatic N) is 1. The van der Waals surface area contributed by atoms with Gasteiger partial charge in [0.15, 0.2) is 0 Å². The molecule has 1 N–H and O–H groups in total. The average Bonchev–Trinajstić information content (AvgIpc) is 2.95. The molecule has 0 radical (unpaired) electrons. The van der Waals surface area contributed by atoms with Gasteiger partial charge in [-0.3, -0.25) is 19.8 Å². The molecule has 3 aromatic carbocycles. The van der Waals surface area contributed by atoms with Crippen molar-refractivity contribution in [2.45, 2.75) is 6.04 Å². The van der Waals surface area contributed by atoms with Crippen molar-refractivity contribution in [3.05, 3.63) is 102 Å². The van der Waals surface area contributed by atoms with E-state index >= 15 is 0 Å². The van der Waals surface area contributed by atoms with E-state index in [0.29, 0.717) is 11.3 Å². The summed E-state index contributed by atoms with van der Waals surface area (Å²) in [6, 6.07) is 27.2. The summed E-state index contributed by atoms with van der Waals surface area (Å²) in [7, 11) is 0. The molecule has 1 aliphatic rings. The summed E-state index contributed by atoms with van der Waals surface area (Å²) in [6.07, 6.45) is 0. The molecule has 0 spiro atoms. The van der Waals surface area contributed by atoms with E-state index in [1.807, 2.05) is 42.5 Å². The molecule has 0 aliphatic carbocycles. The minimum Gasteiger partial charge on any atom is -0.291 e. The molecule has 4 heteroatoms. The lowest BCUT2D eigenvalue weighted by molar-refractivity contribution is -0.114. The highest BCUT2D eigenvalue weighted by molar-refractivity contribution is 6.52. The molecule has 1 heterocycles. The van der Waals surface area contributed by atoms with E-state index in [1.165, 1.54) is 4.90 Å². The van der Waals surface area contributed by atoms with Crippen LogP contribution in [0.2, 0.25) is 0 Å². The number of carbonyl (C=O) groups is 2. The van der Waals surface area contributed by atoms with Gasteiger partial charge in [0.1, 0.15) is 0 Å². The van der Waals surface area contributed by atoms with Gasteiger partial charge in [-0.2, -0.15) is 0 Å². The van der Waals surface area contributed by atoms with E-state index in [4.69, 9.17) is 0 Å². The van der Waals surface area contributed by atoms with E-state index in [9.17, 15) is 9.59 Å². The summed E-state index contributed by atoms with van der Waals surface area (Å²) in [5, 5.41) is 3.44. The highest BCUT2D eigenvalue weighted by Crippen LogP contribution is 2.29. The summed E-state index contributed by atoms with van der Waals surface area (Å²) in [5.74, 6) is -0.933. The fourth-order valence-electron chi connectivity index (χ4n) is 3.31. The Hall–Kier alpha value is -3.24. The smallest absolute Gasteiger partial charge is 0.291 e. The summed E-state index contributed by atoms with van der Waals surface area (Å²) in [6.45, 7) is 0.260. The van der Waals surface area contributed by atoms with Crippen LogP contribution in [0.1, 0.15) is 27.5 Å². The summed E-state index contributed by atoms with van der Waals surface area (Å²) >= 11 is 0. The zero-order valence-corrected chi connectivity index (χ0v) is 14.1. The number of para-hydroxylation sites is 1. The van der Waals surface area contributed by atoms with Crippen LogP contribution in [0.25, 0.3) is 0 Å². The maximum atomic E-state index is 12.4. The molecule has 3 aromatic rings. The van der Waals surface area contributed by atoms with Gasteiger partial charge in [0, 0.05) is 0 Å². The highest BCUT2D eigenvalue weighted by atomic mass is 16.2. The average molecular weight is 342 g/mol. The molecule has 0 fully saturated rings.